The van der Waals surface area contributed by atoms with Crippen LogP contribution in [0.25, 0.3) is 38.8 Å². The van der Waals surface area contributed by atoms with Gasteiger partial charge in [-0.3, -0.25) is 19.1 Å². The predicted molar refractivity (Wildman–Crippen MR) is 147 cm³/mol. The molecule has 4 aromatic heterocycles. The third kappa shape index (κ3) is 3.79. The molecule has 1 aromatic carbocycles. The van der Waals surface area contributed by atoms with E-state index in [1.165, 1.54) is 0 Å². The number of aryl methyl sites for hydroxylation is 3. The van der Waals surface area contributed by atoms with Gasteiger partial charge in [-0.1, -0.05) is 6.07 Å². The number of aromatic nitrogens is 5. The molecule has 0 amide bonds. The Balaban J connectivity index is 1.77. The summed E-state index contributed by atoms with van der Waals surface area (Å²) in [5, 5.41) is 4.29. The van der Waals surface area contributed by atoms with Crippen LogP contribution < -0.4 is 15.9 Å². The second-order valence-electron chi connectivity index (χ2n) is 9.08. The van der Waals surface area contributed by atoms with Crippen LogP contribution in [0.15, 0.2) is 53.6 Å². The molecule has 0 unspecified atom stereocenters. The number of fused-ring (bicyclic) bond motifs is 3. The van der Waals surface area contributed by atoms with E-state index >= 15 is 0 Å². The largest absolute Gasteiger partial charge is 0.384 e. The fraction of sp³-hybridized carbons (Fsp3) is 0.286. The van der Waals surface area contributed by atoms with Gasteiger partial charge in [0.25, 0.3) is 0 Å². The summed E-state index contributed by atoms with van der Waals surface area (Å²) in [6.07, 6.45) is 3.66. The Bertz CT molecular complexity index is 1660. The van der Waals surface area contributed by atoms with E-state index < -0.39 is 0 Å². The van der Waals surface area contributed by atoms with E-state index in [-0.39, 0.29) is 5.69 Å². The first-order valence-corrected chi connectivity index (χ1v) is 12.2. The molecule has 36 heavy (non-hydrogen) atoms. The predicted octanol–water partition coefficient (Wildman–Crippen LogP) is 4.84. The molecule has 8 nitrogen and oxygen atoms in total. The quantitative estimate of drug-likeness (QED) is 0.374. The van der Waals surface area contributed by atoms with Crippen LogP contribution in [0, 0.1) is 13.8 Å². The molecule has 0 aliphatic heterocycles. The zero-order chi connectivity index (χ0) is 25.6. The van der Waals surface area contributed by atoms with Gasteiger partial charge in [-0.05, 0) is 63.6 Å². The summed E-state index contributed by atoms with van der Waals surface area (Å²) in [5.41, 5.74) is 7.85. The molecular formula is C28H31N7O. The molecule has 0 spiro atoms. The Kier molecular flexibility index (Phi) is 5.96. The minimum atomic E-state index is -0.127. The molecule has 1 N–H and O–H groups in total. The van der Waals surface area contributed by atoms with Crippen LogP contribution in [0.1, 0.15) is 25.2 Å². The van der Waals surface area contributed by atoms with Gasteiger partial charge < -0.3 is 10.2 Å². The van der Waals surface area contributed by atoms with Crippen LogP contribution in [-0.2, 0) is 7.05 Å². The van der Waals surface area contributed by atoms with Gasteiger partial charge in [-0.2, -0.15) is 0 Å². The maximum Gasteiger partial charge on any atom is 0.333 e. The standard InChI is InChI=1S/C28H31N7O/c1-7-29-23-14-20(15-30-17(23)3)19-9-10-22-21(13-19)27-25(16-31-22)34(6)28(36)35(27)24-11-12-26(32-18(24)4)33(5)8-2/h9-16,29H,7-8H2,1-6H3. The molecule has 5 aromatic rings. The number of hydrogen-bond donors (Lipinski definition) is 1. The van der Waals surface area contributed by atoms with Gasteiger partial charge in [0.1, 0.15) is 5.82 Å². The SMILES string of the molecule is CCNc1cc(-c2ccc3ncc4c(c3c2)n(-c2ccc(N(C)CC)nc2C)c(=O)n4C)cnc1C. The number of benzene rings is 1. The summed E-state index contributed by atoms with van der Waals surface area (Å²) >= 11 is 0. The van der Waals surface area contributed by atoms with E-state index in [4.69, 9.17) is 4.98 Å². The zero-order valence-corrected chi connectivity index (χ0v) is 21.6. The van der Waals surface area contributed by atoms with Gasteiger partial charge in [0, 0.05) is 44.3 Å². The minimum Gasteiger partial charge on any atom is -0.384 e. The summed E-state index contributed by atoms with van der Waals surface area (Å²) in [4.78, 5) is 29.6. The number of anilines is 2. The van der Waals surface area contributed by atoms with Gasteiger partial charge in [0.15, 0.2) is 0 Å². The fourth-order valence-corrected chi connectivity index (χ4v) is 4.61. The number of nitrogens with one attached hydrogen (secondary N) is 1. The molecule has 0 aliphatic carbocycles. The Morgan fingerprint density at radius 3 is 2.50 bits per heavy atom. The number of hydrogen-bond acceptors (Lipinski definition) is 6. The first-order valence-electron chi connectivity index (χ1n) is 12.2. The Morgan fingerprint density at radius 2 is 1.78 bits per heavy atom. The highest BCUT2D eigenvalue weighted by Gasteiger charge is 2.19. The second-order valence-corrected chi connectivity index (χ2v) is 9.08. The van der Waals surface area contributed by atoms with Crippen molar-refractivity contribution in [1.29, 1.82) is 0 Å². The number of pyridine rings is 3. The van der Waals surface area contributed by atoms with Crippen LogP contribution in [-0.4, -0.2) is 44.2 Å². The van der Waals surface area contributed by atoms with Crippen molar-refractivity contribution >= 4 is 33.4 Å². The maximum absolute atomic E-state index is 13.5. The molecule has 0 bridgehead atoms. The van der Waals surface area contributed by atoms with Crippen LogP contribution in [0.3, 0.4) is 0 Å². The molecule has 0 aliphatic rings. The Hall–Kier alpha value is -4.20. The van der Waals surface area contributed by atoms with E-state index in [1.807, 2.05) is 45.3 Å². The summed E-state index contributed by atoms with van der Waals surface area (Å²) in [6.45, 7) is 9.78. The van der Waals surface area contributed by atoms with Gasteiger partial charge in [-0.15, -0.1) is 0 Å². The molecule has 0 atom stereocenters. The molecule has 5 rings (SSSR count). The lowest BCUT2D eigenvalue weighted by Gasteiger charge is -2.17. The molecule has 184 valence electrons. The van der Waals surface area contributed by atoms with E-state index in [0.29, 0.717) is 0 Å². The summed E-state index contributed by atoms with van der Waals surface area (Å²) in [7, 11) is 3.79. The average Bonchev–Trinajstić information content (AvgIpc) is 3.14. The van der Waals surface area contributed by atoms with Crippen molar-refractivity contribution in [2.24, 2.45) is 7.05 Å². The van der Waals surface area contributed by atoms with Crippen molar-refractivity contribution in [3.8, 4) is 16.8 Å². The third-order valence-electron chi connectivity index (χ3n) is 6.82. The molecule has 0 radical (unpaired) electrons. The molecule has 0 fully saturated rings. The monoisotopic (exact) mass is 481 g/mol. The summed E-state index contributed by atoms with van der Waals surface area (Å²) in [5.74, 6) is 0.879. The maximum atomic E-state index is 13.5. The van der Waals surface area contributed by atoms with Crippen LogP contribution >= 0.6 is 0 Å². The molecule has 8 heteroatoms. The van der Waals surface area contributed by atoms with Crippen molar-refractivity contribution in [3.63, 3.8) is 0 Å². The third-order valence-corrected chi connectivity index (χ3v) is 6.82. The number of imidazole rings is 1. The normalized spacial score (nSPS) is 11.4. The zero-order valence-electron chi connectivity index (χ0n) is 21.6. The highest BCUT2D eigenvalue weighted by molar-refractivity contribution is 6.04. The first kappa shape index (κ1) is 23.5. The first-order chi connectivity index (χ1) is 17.3. The topological polar surface area (TPSA) is 80.9 Å². The average molecular weight is 482 g/mol. The van der Waals surface area contributed by atoms with E-state index in [1.54, 1.807) is 22.4 Å². The smallest absolute Gasteiger partial charge is 0.333 e. The van der Waals surface area contributed by atoms with Crippen molar-refractivity contribution in [1.82, 2.24) is 24.1 Å². The highest BCUT2D eigenvalue weighted by Crippen LogP contribution is 2.31. The second kappa shape index (κ2) is 9.11. The van der Waals surface area contributed by atoms with Crippen molar-refractivity contribution in [3.05, 3.63) is 70.7 Å². The highest BCUT2D eigenvalue weighted by atomic mass is 16.1. The van der Waals surface area contributed by atoms with Gasteiger partial charge in [0.2, 0.25) is 0 Å². The molecule has 0 saturated carbocycles. The van der Waals surface area contributed by atoms with Gasteiger partial charge >= 0.3 is 5.69 Å². The van der Waals surface area contributed by atoms with Crippen molar-refractivity contribution < 1.29 is 0 Å². The lowest BCUT2D eigenvalue weighted by molar-refractivity contribution is 0.837. The lowest BCUT2D eigenvalue weighted by atomic mass is 10.0. The number of rotatable bonds is 6. The van der Waals surface area contributed by atoms with E-state index in [2.05, 4.69) is 52.2 Å². The summed E-state index contributed by atoms with van der Waals surface area (Å²) in [6, 6.07) is 12.2. The lowest BCUT2D eigenvalue weighted by Crippen LogP contribution is -2.22. The van der Waals surface area contributed by atoms with Gasteiger partial charge in [-0.25, -0.2) is 9.78 Å². The molecule has 0 saturated heterocycles. The van der Waals surface area contributed by atoms with Crippen LogP contribution in [0.4, 0.5) is 11.5 Å². The van der Waals surface area contributed by atoms with Crippen molar-refractivity contribution in [2.75, 3.05) is 30.4 Å². The summed E-state index contributed by atoms with van der Waals surface area (Å²) < 4.78 is 3.41. The Morgan fingerprint density at radius 1 is 0.972 bits per heavy atom. The molecule has 4 heterocycles. The van der Waals surface area contributed by atoms with E-state index in [9.17, 15) is 4.79 Å². The van der Waals surface area contributed by atoms with Gasteiger partial charge in [0.05, 0.1) is 45.5 Å². The van der Waals surface area contributed by atoms with Crippen LogP contribution in [0.2, 0.25) is 0 Å². The van der Waals surface area contributed by atoms with Crippen molar-refractivity contribution in [2.45, 2.75) is 27.7 Å². The molecular weight excluding hydrogens is 450 g/mol. The number of nitrogens with zero attached hydrogens (tertiary/aromatic N) is 6. The fourth-order valence-electron chi connectivity index (χ4n) is 4.61. The Labute approximate surface area is 210 Å². The van der Waals surface area contributed by atoms with E-state index in [0.717, 1.165) is 74.7 Å². The minimum absolute atomic E-state index is 0.127. The van der Waals surface area contributed by atoms with Crippen LogP contribution in [0.5, 0.6) is 0 Å².